The van der Waals surface area contributed by atoms with Crippen LogP contribution in [0.5, 0.6) is 17.2 Å². The molecule has 8 heterocycles. The molecule has 5 aliphatic heterocycles. The summed E-state index contributed by atoms with van der Waals surface area (Å²) >= 11 is 5.89. The van der Waals surface area contributed by atoms with E-state index >= 15 is 8.78 Å². The maximum Gasteiger partial charge on any atom is 0.798 e. The van der Waals surface area contributed by atoms with Crippen molar-refractivity contribution in [1.29, 1.82) is 0 Å². The van der Waals surface area contributed by atoms with Crippen molar-refractivity contribution in [3.05, 3.63) is 245 Å². The first-order valence-corrected chi connectivity index (χ1v) is 37.6. The Bertz CT molecular complexity index is 5890. The molecule has 0 atom stereocenters. The number of methoxy groups -OCH3 is 3. The lowest BCUT2D eigenvalue weighted by molar-refractivity contribution is 0.0653. The predicted molar refractivity (Wildman–Crippen MR) is 420 cm³/mol. The van der Waals surface area contributed by atoms with Crippen molar-refractivity contribution < 1.29 is 84.4 Å². The van der Waals surface area contributed by atoms with Crippen molar-refractivity contribution in [2.75, 3.05) is 90.0 Å². The van der Waals surface area contributed by atoms with Gasteiger partial charge in [0.2, 0.25) is 16.3 Å². The number of carboxylic acids is 2. The summed E-state index contributed by atoms with van der Waals surface area (Å²) in [5.41, 5.74) is 8.96. The number of carbonyl (C=O) groups is 7. The van der Waals surface area contributed by atoms with Gasteiger partial charge in [-0.2, -0.15) is 0 Å². The number of fused-ring (bicyclic) bond motifs is 5. The molecule has 3 saturated heterocycles. The Balaban J connectivity index is 0.000000140. The summed E-state index contributed by atoms with van der Waals surface area (Å²) < 4.78 is 94.6. The molecule has 28 nitrogen and oxygen atoms in total. The highest BCUT2D eigenvalue weighted by Crippen LogP contribution is 2.48. The second kappa shape index (κ2) is 34.2. The average molecular weight is 1620 g/mol. The van der Waals surface area contributed by atoms with E-state index in [0.29, 0.717) is 102 Å². The molecule has 0 spiro atoms. The summed E-state index contributed by atoms with van der Waals surface area (Å²) in [5.74, 6) is -7.57. The maximum atomic E-state index is 15.7. The molecule has 16 rings (SSSR count). The van der Waals surface area contributed by atoms with E-state index in [1.54, 1.807) is 62.6 Å². The van der Waals surface area contributed by atoms with Crippen LogP contribution in [0.25, 0.3) is 47.2 Å². The van der Waals surface area contributed by atoms with Gasteiger partial charge in [0.25, 0.3) is 23.6 Å². The van der Waals surface area contributed by atoms with Gasteiger partial charge in [-0.1, -0.05) is 52.6 Å². The Morgan fingerprint density at radius 3 is 1.16 bits per heavy atom. The number of nitrogens with one attached hydrogen (secondary N) is 1. The van der Waals surface area contributed by atoms with Crippen molar-refractivity contribution in [2.45, 2.75) is 95.2 Å². The van der Waals surface area contributed by atoms with Gasteiger partial charge in [-0.25, -0.2) is 50.7 Å². The van der Waals surface area contributed by atoms with Crippen molar-refractivity contribution in [1.82, 2.24) is 28.8 Å². The fourth-order valence-corrected chi connectivity index (χ4v) is 15.6. The molecule has 3 aromatic heterocycles. The minimum atomic E-state index is -3.36. The zero-order valence-electron chi connectivity index (χ0n) is 63.2. The highest BCUT2D eigenvalue weighted by atomic mass is 35.5. The van der Waals surface area contributed by atoms with Crippen molar-refractivity contribution in [3.8, 4) is 17.2 Å². The number of benzene rings is 5. The fraction of sp³-hybridized carbons (Fsp3) is 0.329. The number of anilines is 2. The van der Waals surface area contributed by atoms with Gasteiger partial charge in [-0.15, -0.1) is 0 Å². The van der Waals surface area contributed by atoms with Gasteiger partial charge in [-0.3, -0.25) is 43.4 Å². The van der Waals surface area contributed by atoms with Gasteiger partial charge in [0.15, 0.2) is 46.0 Å². The van der Waals surface area contributed by atoms with Gasteiger partial charge >= 0.3 is 25.4 Å². The first-order valence-electron chi connectivity index (χ1n) is 37.3. The molecule has 0 radical (unpaired) electrons. The monoisotopic (exact) mass is 1620 g/mol. The van der Waals surface area contributed by atoms with Crippen molar-refractivity contribution in [2.24, 2.45) is 5.73 Å². The number of hydrogen-bond donors (Lipinski definition) is 4. The van der Waals surface area contributed by atoms with E-state index in [2.05, 4.69) is 24.5 Å². The maximum absolute atomic E-state index is 15.7. The molecule has 8 aliphatic rings. The number of hydrogen-bond acceptors (Lipinski definition) is 18. The first-order chi connectivity index (χ1) is 56.2. The third kappa shape index (κ3) is 16.0. The van der Waals surface area contributed by atoms with Crippen molar-refractivity contribution >= 4 is 105 Å². The molecule has 602 valence electrons. The van der Waals surface area contributed by atoms with Gasteiger partial charge in [-0.05, 0) is 133 Å². The Morgan fingerprint density at radius 2 is 0.838 bits per heavy atom. The predicted octanol–water partition coefficient (Wildman–Crippen LogP) is 12.2. The topological polar surface area (TPSA) is 327 Å². The van der Waals surface area contributed by atoms with Crippen LogP contribution in [-0.2, 0) is 4.65 Å². The number of amides is 4. The number of pyridine rings is 3. The smallest absolute Gasteiger partial charge is 0.493 e. The lowest BCUT2D eigenvalue weighted by Crippen LogP contribution is -2.34. The molecule has 3 aliphatic carbocycles. The number of rotatable bonds is 17. The summed E-state index contributed by atoms with van der Waals surface area (Å²) in [4.78, 5) is 140. The lowest BCUT2D eigenvalue weighted by atomic mass is 9.99. The third-order valence-corrected chi connectivity index (χ3v) is 22.0. The van der Waals surface area contributed by atoms with Crippen LogP contribution in [0.1, 0.15) is 168 Å². The zero-order chi connectivity index (χ0) is 83.7. The minimum Gasteiger partial charge on any atom is -0.493 e. The Labute approximate surface area is 668 Å². The number of nitrogens with two attached hydrogens (primary N) is 1. The minimum absolute atomic E-state index is 0.000850. The van der Waals surface area contributed by atoms with E-state index in [4.69, 9.17) is 51.3 Å². The molecule has 35 heteroatoms. The van der Waals surface area contributed by atoms with Crippen LogP contribution in [0.15, 0.2) is 134 Å². The van der Waals surface area contributed by atoms with E-state index in [1.807, 2.05) is 4.90 Å². The summed E-state index contributed by atoms with van der Waals surface area (Å²) in [6.07, 6.45) is 12.2. The van der Waals surface area contributed by atoms with E-state index in [1.165, 1.54) is 43.2 Å². The van der Waals surface area contributed by atoms with Crippen LogP contribution in [0.2, 0.25) is 5.02 Å². The second-order valence-corrected chi connectivity index (χ2v) is 29.0. The van der Waals surface area contributed by atoms with Crippen LogP contribution >= 0.6 is 11.6 Å². The fourth-order valence-electron chi connectivity index (χ4n) is 15.4. The number of carboxylic acid groups (broad SMARTS) is 2. The van der Waals surface area contributed by atoms with Crippen molar-refractivity contribution in [3.63, 3.8) is 0 Å². The quantitative estimate of drug-likeness (QED) is 0.0285. The molecule has 3 saturated carbocycles. The SMILES string of the molecule is COc1c(Cl)c(F)cc2c(=O)c(C(=O)OB(F)F)cn(C3CC3)c12.[C-]#[N+]C(CN)=C1CCN(c2c(F)cc3c(=O)c(C(=O)O)cn(C4CC4)c3c2OC)CC1.[C-]#[N+]C(CN1C(=O)c2ccccc2C1=O)=C1CCN(c2c(F)cc3c(=O)c(C(=O)O)cn(C4CC4)c3c2OC)CC1.[C-]#[N+]C(CN1C(=O)c2ccccc2C1=O)=C1CCNCC1. The first kappa shape index (κ1) is 82.0. The number of nitrogens with zero attached hydrogens (tertiary/aromatic N) is 10. The number of halogens is 6. The van der Waals surface area contributed by atoms with E-state index in [-0.39, 0.29) is 110 Å². The summed E-state index contributed by atoms with van der Waals surface area (Å²) in [5, 5.41) is 21.7. The second-order valence-electron chi connectivity index (χ2n) is 28.6. The van der Waals surface area contributed by atoms with Crippen LogP contribution < -0.4 is 51.3 Å². The van der Waals surface area contributed by atoms with Crippen LogP contribution in [0.4, 0.5) is 33.2 Å². The summed E-state index contributed by atoms with van der Waals surface area (Å²) in [6.45, 7) is 25.8. The zero-order valence-corrected chi connectivity index (χ0v) is 63.9. The molecule has 0 unspecified atom stereocenters. The molecule has 6 fully saturated rings. The third-order valence-electron chi connectivity index (χ3n) is 21.6. The average Bonchev–Trinajstić information content (AvgIpc) is 1.69. The normalized spacial score (nSPS) is 16.2. The number of piperidine rings is 3. The van der Waals surface area contributed by atoms with E-state index in [0.717, 1.165) is 110 Å². The molecule has 5 N–H and O–H groups in total. The molecule has 0 bridgehead atoms. The number of aromatic nitrogens is 3. The Kier molecular flexibility index (Phi) is 24.0. The molecule has 4 amide bonds. The number of aromatic carboxylic acids is 2. The van der Waals surface area contributed by atoms with E-state index < -0.39 is 82.1 Å². The standard InChI is InChI=1S/C30H25FN4O6.C22H23FN4O4.C16H15N3O2.C14H10BClF3NO4/c1-32-23(15-35-28(37)18-5-3-4-6-19(18)29(35)38)16-9-11-33(12-10-16)25-22(31)13-20-24(27(25)41-2)34(17-7-8-17)14-21(26(20)36)30(39)40;1-25-17(10-24)12-5-7-26(8-6-12)19-16(23)9-14-18(21(19)31-2)27(13-3-4-13)11-15(20(14)28)22(29)30;1-17-14(11-6-8-18-9-7-11)10-19-15(20)12-4-2-3-5-13(12)16(19)21;1-23-13-10(16)9(17)4-7-11(13)20(6-2-3-6)5-8(12(7)21)14(22)24-15(18)19/h3-6,13-14,17H,7-12,15H2,2H3,(H,39,40);9,11,13H,3-8,10,24H2,2H3,(H,29,30);2-5,18H,6-10H2;4-6H,2-3H2,1H3. The van der Waals surface area contributed by atoms with Gasteiger partial charge in [0.1, 0.15) is 38.9 Å². The van der Waals surface area contributed by atoms with Crippen LogP contribution in [0, 0.1) is 37.2 Å². The summed E-state index contributed by atoms with van der Waals surface area (Å²) in [6, 6.07) is 16.4. The van der Waals surface area contributed by atoms with Crippen LogP contribution in [0.3, 0.4) is 0 Å². The van der Waals surface area contributed by atoms with E-state index in [9.17, 15) is 71.2 Å². The van der Waals surface area contributed by atoms with Gasteiger partial charge in [0, 0.05) is 69.4 Å². The molecule has 8 aromatic rings. The lowest BCUT2D eigenvalue weighted by Gasteiger charge is -2.33. The Hall–Kier alpha value is -13.0. The molecular weight excluding hydrogens is 1550 g/mol. The largest absolute Gasteiger partial charge is 0.798 e. The van der Waals surface area contributed by atoms with Gasteiger partial charge in [0.05, 0.1) is 109 Å². The highest BCUT2D eigenvalue weighted by Gasteiger charge is 2.41. The highest BCUT2D eigenvalue weighted by molar-refractivity contribution is 6.38. The van der Waals surface area contributed by atoms with Crippen LogP contribution in [-0.4, -0.2) is 163 Å². The molecule has 5 aromatic carbocycles. The molecular formula is C82H73BClF5N12O16. The molecule has 117 heavy (non-hydrogen) atoms. The number of carbonyl (C=O) groups excluding carboxylic acids is 5. The Morgan fingerprint density at radius 1 is 0.513 bits per heavy atom. The number of imide groups is 2. The van der Waals surface area contributed by atoms with Gasteiger partial charge < -0.3 is 63.6 Å². The number of ether oxygens (including phenoxy) is 3. The summed E-state index contributed by atoms with van der Waals surface area (Å²) in [7, 11) is 0.712.